The van der Waals surface area contributed by atoms with Gasteiger partial charge in [-0.2, -0.15) is 0 Å². The Morgan fingerprint density at radius 1 is 1.00 bits per heavy atom. The highest BCUT2D eigenvalue weighted by Crippen LogP contribution is 2.40. The Morgan fingerprint density at radius 3 is 2.76 bits per heavy atom. The maximum atomic E-state index is 3.93. The van der Waals surface area contributed by atoms with Crippen LogP contribution < -0.4 is 10.6 Å². The first-order chi connectivity index (χ1) is 10.4. The summed E-state index contributed by atoms with van der Waals surface area (Å²) in [6, 6.07) is 13.2. The Morgan fingerprint density at radius 2 is 1.86 bits per heavy atom. The summed E-state index contributed by atoms with van der Waals surface area (Å²) in [5.41, 5.74) is 1.51. The SMILES string of the molecule is c1ccc(C2CC2NCC2CCC3CCCCC3N2)cc1. The highest BCUT2D eigenvalue weighted by Gasteiger charge is 2.38. The van der Waals surface area contributed by atoms with E-state index in [4.69, 9.17) is 0 Å². The first kappa shape index (κ1) is 13.8. The third-order valence-corrected chi connectivity index (χ3v) is 5.89. The molecule has 0 aromatic heterocycles. The largest absolute Gasteiger partial charge is 0.312 e. The number of benzene rings is 1. The van der Waals surface area contributed by atoms with Crippen molar-refractivity contribution < 1.29 is 0 Å². The van der Waals surface area contributed by atoms with Crippen molar-refractivity contribution in [3.05, 3.63) is 35.9 Å². The van der Waals surface area contributed by atoms with E-state index < -0.39 is 0 Å². The van der Waals surface area contributed by atoms with Gasteiger partial charge in [0.05, 0.1) is 0 Å². The molecule has 0 amide bonds. The topological polar surface area (TPSA) is 24.1 Å². The molecule has 2 heteroatoms. The van der Waals surface area contributed by atoms with E-state index in [-0.39, 0.29) is 0 Å². The minimum Gasteiger partial charge on any atom is -0.312 e. The molecule has 2 saturated carbocycles. The van der Waals surface area contributed by atoms with Gasteiger partial charge in [0.25, 0.3) is 0 Å². The number of piperidine rings is 1. The molecule has 4 rings (SSSR count). The zero-order chi connectivity index (χ0) is 14.1. The van der Waals surface area contributed by atoms with Gasteiger partial charge in [-0.25, -0.2) is 0 Å². The molecule has 2 N–H and O–H groups in total. The highest BCUT2D eigenvalue weighted by atomic mass is 15.1. The Labute approximate surface area is 128 Å². The summed E-state index contributed by atoms with van der Waals surface area (Å²) < 4.78 is 0. The fourth-order valence-corrected chi connectivity index (χ4v) is 4.52. The van der Waals surface area contributed by atoms with Crippen molar-refractivity contribution >= 4 is 0 Å². The number of hydrogen-bond donors (Lipinski definition) is 2. The predicted molar refractivity (Wildman–Crippen MR) is 87.5 cm³/mol. The molecule has 0 spiro atoms. The molecule has 1 aromatic rings. The van der Waals surface area contributed by atoms with Gasteiger partial charge in [0.2, 0.25) is 0 Å². The smallest absolute Gasteiger partial charge is 0.0195 e. The Bertz CT molecular complexity index is 458. The minimum absolute atomic E-state index is 0.710. The summed E-state index contributed by atoms with van der Waals surface area (Å²) in [6.07, 6.45) is 9.93. The predicted octanol–water partition coefficient (Wildman–Crippen LogP) is 3.44. The van der Waals surface area contributed by atoms with E-state index >= 15 is 0 Å². The maximum Gasteiger partial charge on any atom is 0.0195 e. The molecule has 1 aliphatic heterocycles. The minimum atomic E-state index is 0.710. The van der Waals surface area contributed by atoms with E-state index in [0.717, 1.165) is 30.5 Å². The molecule has 2 nitrogen and oxygen atoms in total. The number of nitrogens with one attached hydrogen (secondary N) is 2. The lowest BCUT2D eigenvalue weighted by atomic mass is 9.78. The molecule has 1 saturated heterocycles. The second-order valence-corrected chi connectivity index (χ2v) is 7.36. The van der Waals surface area contributed by atoms with Gasteiger partial charge < -0.3 is 10.6 Å². The fourth-order valence-electron chi connectivity index (χ4n) is 4.52. The maximum absolute atomic E-state index is 3.93. The molecular formula is C19H28N2. The van der Waals surface area contributed by atoms with Crippen molar-refractivity contribution in [2.45, 2.75) is 69.0 Å². The molecule has 0 bridgehead atoms. The van der Waals surface area contributed by atoms with Crippen molar-refractivity contribution in [3.63, 3.8) is 0 Å². The summed E-state index contributed by atoms with van der Waals surface area (Å²) in [4.78, 5) is 0. The third kappa shape index (κ3) is 3.17. The van der Waals surface area contributed by atoms with E-state index in [2.05, 4.69) is 41.0 Å². The van der Waals surface area contributed by atoms with Crippen LogP contribution in [0.4, 0.5) is 0 Å². The molecule has 0 radical (unpaired) electrons. The first-order valence-corrected chi connectivity index (χ1v) is 8.94. The van der Waals surface area contributed by atoms with Crippen LogP contribution in [0.25, 0.3) is 0 Å². The molecule has 5 unspecified atom stereocenters. The fraction of sp³-hybridized carbons (Fsp3) is 0.684. The van der Waals surface area contributed by atoms with Gasteiger partial charge in [0.15, 0.2) is 0 Å². The normalized spacial score (nSPS) is 38.8. The van der Waals surface area contributed by atoms with Crippen LogP contribution in [-0.4, -0.2) is 24.7 Å². The van der Waals surface area contributed by atoms with Crippen LogP contribution in [-0.2, 0) is 0 Å². The average Bonchev–Trinajstić information content (AvgIpc) is 3.33. The monoisotopic (exact) mass is 284 g/mol. The van der Waals surface area contributed by atoms with Gasteiger partial charge in [-0.05, 0) is 43.6 Å². The Kier molecular flexibility index (Phi) is 4.00. The van der Waals surface area contributed by atoms with Crippen LogP contribution in [0.3, 0.4) is 0 Å². The first-order valence-electron chi connectivity index (χ1n) is 8.94. The molecule has 3 aliphatic rings. The molecule has 1 aromatic carbocycles. The lowest BCUT2D eigenvalue weighted by molar-refractivity contribution is 0.174. The Balaban J connectivity index is 1.23. The van der Waals surface area contributed by atoms with Crippen molar-refractivity contribution in [2.75, 3.05) is 6.54 Å². The van der Waals surface area contributed by atoms with Crippen molar-refractivity contribution in [1.82, 2.24) is 10.6 Å². The Hall–Kier alpha value is -0.860. The average molecular weight is 284 g/mol. The summed E-state index contributed by atoms with van der Waals surface area (Å²) in [6.45, 7) is 1.16. The summed E-state index contributed by atoms with van der Waals surface area (Å²) >= 11 is 0. The quantitative estimate of drug-likeness (QED) is 0.885. The van der Waals surface area contributed by atoms with Crippen molar-refractivity contribution in [3.8, 4) is 0 Å². The summed E-state index contributed by atoms with van der Waals surface area (Å²) in [5, 5.41) is 7.74. The van der Waals surface area contributed by atoms with Gasteiger partial charge >= 0.3 is 0 Å². The number of rotatable bonds is 4. The number of hydrogen-bond acceptors (Lipinski definition) is 2. The van der Waals surface area contributed by atoms with Gasteiger partial charge in [-0.1, -0.05) is 43.2 Å². The molecule has 2 aliphatic carbocycles. The van der Waals surface area contributed by atoms with E-state index in [1.165, 1.54) is 50.5 Å². The van der Waals surface area contributed by atoms with Gasteiger partial charge in [-0.15, -0.1) is 0 Å². The van der Waals surface area contributed by atoms with Crippen LogP contribution in [0.1, 0.15) is 56.4 Å². The summed E-state index contributed by atoms with van der Waals surface area (Å²) in [7, 11) is 0. The van der Waals surface area contributed by atoms with Crippen molar-refractivity contribution in [2.24, 2.45) is 5.92 Å². The number of fused-ring (bicyclic) bond motifs is 1. The van der Waals surface area contributed by atoms with Crippen LogP contribution in [0, 0.1) is 5.92 Å². The summed E-state index contributed by atoms with van der Waals surface area (Å²) in [5.74, 6) is 1.74. The van der Waals surface area contributed by atoms with E-state index in [1.54, 1.807) is 0 Å². The van der Waals surface area contributed by atoms with Crippen LogP contribution >= 0.6 is 0 Å². The standard InChI is InChI=1S/C19H28N2/c1-2-6-14(7-3-1)17-12-19(17)20-13-16-11-10-15-8-4-5-9-18(15)21-16/h1-3,6-7,15-21H,4-5,8-13H2. The van der Waals surface area contributed by atoms with Crippen LogP contribution in [0.15, 0.2) is 30.3 Å². The van der Waals surface area contributed by atoms with E-state index in [9.17, 15) is 0 Å². The lowest BCUT2D eigenvalue weighted by Crippen LogP contribution is -2.52. The molecule has 21 heavy (non-hydrogen) atoms. The molecule has 5 atom stereocenters. The highest BCUT2D eigenvalue weighted by molar-refractivity contribution is 5.27. The van der Waals surface area contributed by atoms with E-state index in [1.807, 2.05) is 0 Å². The molecule has 3 fully saturated rings. The van der Waals surface area contributed by atoms with Crippen LogP contribution in [0.5, 0.6) is 0 Å². The third-order valence-electron chi connectivity index (χ3n) is 5.89. The van der Waals surface area contributed by atoms with Gasteiger partial charge in [0, 0.05) is 30.6 Å². The zero-order valence-electron chi connectivity index (χ0n) is 12.9. The van der Waals surface area contributed by atoms with Crippen molar-refractivity contribution in [1.29, 1.82) is 0 Å². The second-order valence-electron chi connectivity index (χ2n) is 7.36. The van der Waals surface area contributed by atoms with Gasteiger partial charge in [0.1, 0.15) is 0 Å². The second kappa shape index (κ2) is 6.10. The molecular weight excluding hydrogens is 256 g/mol. The molecule has 114 valence electrons. The van der Waals surface area contributed by atoms with Gasteiger partial charge in [-0.3, -0.25) is 0 Å². The zero-order valence-corrected chi connectivity index (χ0v) is 12.9. The lowest BCUT2D eigenvalue weighted by Gasteiger charge is -2.40. The molecule has 1 heterocycles. The van der Waals surface area contributed by atoms with Crippen LogP contribution in [0.2, 0.25) is 0 Å². The van der Waals surface area contributed by atoms with E-state index in [0.29, 0.717) is 6.04 Å².